The molecular formula is C15H18BrN3S. The van der Waals surface area contributed by atoms with E-state index in [4.69, 9.17) is 0 Å². The molecule has 0 saturated heterocycles. The lowest BCUT2D eigenvalue weighted by Gasteiger charge is -2.08. The molecule has 1 aromatic carbocycles. The molecule has 3 nitrogen and oxygen atoms in total. The van der Waals surface area contributed by atoms with Crippen LogP contribution in [-0.2, 0) is 13.6 Å². The third-order valence-corrected chi connectivity index (χ3v) is 5.43. The summed E-state index contributed by atoms with van der Waals surface area (Å²) < 4.78 is 3.08. The molecule has 3 rings (SSSR count). The third-order valence-electron chi connectivity index (χ3n) is 3.34. The van der Waals surface area contributed by atoms with E-state index in [1.54, 1.807) is 11.8 Å². The highest BCUT2D eigenvalue weighted by Crippen LogP contribution is 2.34. The highest BCUT2D eigenvalue weighted by atomic mass is 79.9. The molecule has 0 atom stereocenters. The van der Waals surface area contributed by atoms with Crippen LogP contribution in [0.4, 0.5) is 0 Å². The standard InChI is InChI=1S/C15H18BrN3S/c1-10-7-15(19(2)18-10)20-14-6-3-11(8-13(14)16)9-17-12-4-5-12/h3,6-8,12,17H,4-5,9H2,1-2H3. The molecule has 1 N–H and O–H groups in total. The Balaban J connectivity index is 1.71. The first-order chi connectivity index (χ1) is 9.61. The van der Waals surface area contributed by atoms with Gasteiger partial charge in [-0.3, -0.25) is 4.68 Å². The summed E-state index contributed by atoms with van der Waals surface area (Å²) in [5.74, 6) is 0. The summed E-state index contributed by atoms with van der Waals surface area (Å²) in [4.78, 5) is 1.23. The van der Waals surface area contributed by atoms with Gasteiger partial charge in [-0.1, -0.05) is 17.8 Å². The van der Waals surface area contributed by atoms with Crippen LogP contribution in [0.3, 0.4) is 0 Å². The Labute approximate surface area is 132 Å². The molecule has 0 spiro atoms. The van der Waals surface area contributed by atoms with Crippen molar-refractivity contribution in [3.05, 3.63) is 40.0 Å². The van der Waals surface area contributed by atoms with E-state index in [1.807, 2.05) is 18.7 Å². The van der Waals surface area contributed by atoms with Crippen LogP contribution >= 0.6 is 27.7 Å². The van der Waals surface area contributed by atoms with Crippen molar-refractivity contribution in [2.75, 3.05) is 0 Å². The van der Waals surface area contributed by atoms with Gasteiger partial charge in [-0.05, 0) is 59.5 Å². The Bertz CT molecular complexity index is 620. The van der Waals surface area contributed by atoms with Gasteiger partial charge in [-0.2, -0.15) is 5.10 Å². The molecule has 1 aromatic heterocycles. The van der Waals surface area contributed by atoms with Gasteiger partial charge in [0.25, 0.3) is 0 Å². The molecule has 20 heavy (non-hydrogen) atoms. The Kier molecular flexibility index (Phi) is 4.19. The molecule has 1 heterocycles. The second kappa shape index (κ2) is 5.92. The van der Waals surface area contributed by atoms with Crippen molar-refractivity contribution in [2.45, 2.75) is 42.3 Å². The highest BCUT2D eigenvalue weighted by molar-refractivity contribution is 9.10. The minimum atomic E-state index is 0.750. The number of aromatic nitrogens is 2. The molecule has 0 amide bonds. The zero-order valence-corrected chi connectivity index (χ0v) is 14.1. The predicted octanol–water partition coefficient (Wildman–Crippen LogP) is 3.89. The van der Waals surface area contributed by atoms with E-state index in [1.165, 1.54) is 23.3 Å². The lowest BCUT2D eigenvalue weighted by Crippen LogP contribution is -2.15. The fraction of sp³-hybridized carbons (Fsp3) is 0.400. The number of nitrogens with one attached hydrogen (secondary N) is 1. The first-order valence-corrected chi connectivity index (χ1v) is 8.43. The Hall–Kier alpha value is -0.780. The first-order valence-electron chi connectivity index (χ1n) is 6.82. The van der Waals surface area contributed by atoms with Gasteiger partial charge in [0.1, 0.15) is 0 Å². The number of nitrogens with zero attached hydrogens (tertiary/aromatic N) is 2. The summed E-state index contributed by atoms with van der Waals surface area (Å²) >= 11 is 5.42. The highest BCUT2D eigenvalue weighted by Gasteiger charge is 2.20. The van der Waals surface area contributed by atoms with Gasteiger partial charge in [-0.25, -0.2) is 0 Å². The van der Waals surface area contributed by atoms with E-state index in [2.05, 4.69) is 50.6 Å². The van der Waals surface area contributed by atoms with Crippen LogP contribution in [0.1, 0.15) is 24.1 Å². The summed E-state index contributed by atoms with van der Waals surface area (Å²) in [5, 5.41) is 9.08. The van der Waals surface area contributed by atoms with E-state index in [-0.39, 0.29) is 0 Å². The number of benzene rings is 1. The van der Waals surface area contributed by atoms with Crippen molar-refractivity contribution >= 4 is 27.7 Å². The fourth-order valence-electron chi connectivity index (χ4n) is 2.08. The molecule has 0 radical (unpaired) electrons. The average molecular weight is 352 g/mol. The Morgan fingerprint density at radius 3 is 2.80 bits per heavy atom. The summed E-state index contributed by atoms with van der Waals surface area (Å²) in [7, 11) is 1.98. The van der Waals surface area contributed by atoms with Gasteiger partial charge < -0.3 is 5.32 Å². The lowest BCUT2D eigenvalue weighted by atomic mass is 10.2. The maximum atomic E-state index is 4.38. The number of hydrogen-bond acceptors (Lipinski definition) is 3. The molecule has 1 aliphatic rings. The van der Waals surface area contributed by atoms with Crippen molar-refractivity contribution in [1.29, 1.82) is 0 Å². The van der Waals surface area contributed by atoms with Gasteiger partial charge >= 0.3 is 0 Å². The molecule has 5 heteroatoms. The van der Waals surface area contributed by atoms with Gasteiger partial charge in [-0.15, -0.1) is 0 Å². The SMILES string of the molecule is Cc1cc(Sc2ccc(CNC3CC3)cc2Br)n(C)n1. The number of aryl methyl sites for hydroxylation is 2. The summed E-state index contributed by atoms with van der Waals surface area (Å²) in [6.45, 7) is 2.98. The quantitative estimate of drug-likeness (QED) is 0.885. The third kappa shape index (κ3) is 3.45. The van der Waals surface area contributed by atoms with Crippen LogP contribution in [0.15, 0.2) is 38.7 Å². The van der Waals surface area contributed by atoms with Crippen molar-refractivity contribution in [1.82, 2.24) is 15.1 Å². The van der Waals surface area contributed by atoms with E-state index >= 15 is 0 Å². The van der Waals surface area contributed by atoms with E-state index in [0.29, 0.717) is 0 Å². The molecule has 2 aromatic rings. The molecule has 1 saturated carbocycles. The second-order valence-electron chi connectivity index (χ2n) is 5.27. The first kappa shape index (κ1) is 14.2. The number of hydrogen-bond donors (Lipinski definition) is 1. The molecular weight excluding hydrogens is 334 g/mol. The maximum Gasteiger partial charge on any atom is 0.0987 e. The van der Waals surface area contributed by atoms with Crippen molar-refractivity contribution in [2.24, 2.45) is 7.05 Å². The average Bonchev–Trinajstić information content (AvgIpc) is 3.17. The molecule has 1 aliphatic carbocycles. The van der Waals surface area contributed by atoms with Crippen LogP contribution in [0.5, 0.6) is 0 Å². The lowest BCUT2D eigenvalue weighted by molar-refractivity contribution is 0.687. The topological polar surface area (TPSA) is 29.9 Å². The Morgan fingerprint density at radius 2 is 2.20 bits per heavy atom. The maximum absolute atomic E-state index is 4.38. The summed E-state index contributed by atoms with van der Waals surface area (Å²) in [6, 6.07) is 9.45. The number of halogens is 1. The predicted molar refractivity (Wildman–Crippen MR) is 86.1 cm³/mol. The zero-order chi connectivity index (χ0) is 14.1. The zero-order valence-electron chi connectivity index (χ0n) is 11.7. The second-order valence-corrected chi connectivity index (χ2v) is 7.19. The van der Waals surface area contributed by atoms with Crippen molar-refractivity contribution < 1.29 is 0 Å². The van der Waals surface area contributed by atoms with Crippen LogP contribution in [-0.4, -0.2) is 15.8 Å². The van der Waals surface area contributed by atoms with Crippen molar-refractivity contribution in [3.63, 3.8) is 0 Å². The molecule has 1 fully saturated rings. The minimum absolute atomic E-state index is 0.750. The van der Waals surface area contributed by atoms with E-state index < -0.39 is 0 Å². The largest absolute Gasteiger partial charge is 0.310 e. The van der Waals surface area contributed by atoms with E-state index in [9.17, 15) is 0 Å². The van der Waals surface area contributed by atoms with Gasteiger partial charge in [0.2, 0.25) is 0 Å². The van der Waals surface area contributed by atoms with Crippen LogP contribution < -0.4 is 5.32 Å². The molecule has 106 valence electrons. The molecule has 0 unspecified atom stereocenters. The van der Waals surface area contributed by atoms with Crippen LogP contribution in [0.25, 0.3) is 0 Å². The molecule has 0 bridgehead atoms. The van der Waals surface area contributed by atoms with Gasteiger partial charge in [0, 0.05) is 29.0 Å². The number of rotatable bonds is 5. The van der Waals surface area contributed by atoms with Gasteiger partial charge in [0.05, 0.1) is 10.7 Å². The summed E-state index contributed by atoms with van der Waals surface area (Å²) in [5.41, 5.74) is 2.38. The van der Waals surface area contributed by atoms with Crippen molar-refractivity contribution in [3.8, 4) is 0 Å². The van der Waals surface area contributed by atoms with Crippen LogP contribution in [0, 0.1) is 6.92 Å². The van der Waals surface area contributed by atoms with E-state index in [0.717, 1.165) is 27.8 Å². The molecule has 0 aliphatic heterocycles. The smallest absolute Gasteiger partial charge is 0.0987 e. The Morgan fingerprint density at radius 1 is 1.40 bits per heavy atom. The van der Waals surface area contributed by atoms with Crippen LogP contribution in [0.2, 0.25) is 0 Å². The minimum Gasteiger partial charge on any atom is -0.310 e. The fourth-order valence-corrected chi connectivity index (χ4v) is 3.67. The summed E-state index contributed by atoms with van der Waals surface area (Å²) in [6.07, 6.45) is 2.66. The van der Waals surface area contributed by atoms with Gasteiger partial charge in [0.15, 0.2) is 0 Å². The monoisotopic (exact) mass is 351 g/mol. The normalized spacial score (nSPS) is 14.8.